The summed E-state index contributed by atoms with van der Waals surface area (Å²) in [6.07, 6.45) is 15.4. The van der Waals surface area contributed by atoms with Crippen molar-refractivity contribution in [3.05, 3.63) is 24.8 Å². The van der Waals surface area contributed by atoms with Gasteiger partial charge in [-0.25, -0.2) is 0 Å². The van der Waals surface area contributed by atoms with Crippen molar-refractivity contribution >= 4 is 5.78 Å². The SMILES string of the molecule is C=CC(O)(C/C=C/[C@@H]1[C@@H](CCCCCCC(=O)CO)[C@@H](O)C[C@H]1O)CCCCCC. The van der Waals surface area contributed by atoms with Crippen molar-refractivity contribution in [1.82, 2.24) is 0 Å². The minimum absolute atomic E-state index is 0.0247. The summed E-state index contributed by atoms with van der Waals surface area (Å²) in [7, 11) is 0. The Balaban J connectivity index is 2.46. The lowest BCUT2D eigenvalue weighted by atomic mass is 9.86. The van der Waals surface area contributed by atoms with Crippen LogP contribution >= 0.6 is 0 Å². The van der Waals surface area contributed by atoms with Gasteiger partial charge in [0.25, 0.3) is 0 Å². The maximum Gasteiger partial charge on any atom is 0.158 e. The average molecular weight is 425 g/mol. The first-order valence-corrected chi connectivity index (χ1v) is 11.9. The maximum atomic E-state index is 11.1. The zero-order valence-electron chi connectivity index (χ0n) is 18.8. The molecule has 0 saturated heterocycles. The van der Waals surface area contributed by atoms with Gasteiger partial charge in [-0.3, -0.25) is 4.79 Å². The average Bonchev–Trinajstić information content (AvgIpc) is 3.00. The lowest BCUT2D eigenvalue weighted by molar-refractivity contribution is -0.121. The highest BCUT2D eigenvalue weighted by Gasteiger charge is 2.39. The van der Waals surface area contributed by atoms with Crippen molar-refractivity contribution < 1.29 is 25.2 Å². The number of Topliss-reactive ketones (excluding diaryl/α,β-unsaturated/α-hetero) is 1. The van der Waals surface area contributed by atoms with Crippen LogP contribution in [-0.4, -0.2) is 50.6 Å². The Bertz CT molecular complexity index is 518. The largest absolute Gasteiger partial charge is 0.393 e. The number of aliphatic hydroxyl groups is 4. The van der Waals surface area contributed by atoms with Crippen LogP contribution in [0.2, 0.25) is 0 Å². The first kappa shape index (κ1) is 27.0. The van der Waals surface area contributed by atoms with Gasteiger partial charge in [-0.05, 0) is 31.6 Å². The van der Waals surface area contributed by atoms with Crippen molar-refractivity contribution in [2.24, 2.45) is 11.8 Å². The topological polar surface area (TPSA) is 98.0 Å². The molecule has 0 radical (unpaired) electrons. The molecule has 1 fully saturated rings. The van der Waals surface area contributed by atoms with Crippen molar-refractivity contribution in [3.63, 3.8) is 0 Å². The number of hydrogen-bond acceptors (Lipinski definition) is 5. The Morgan fingerprint density at radius 3 is 2.43 bits per heavy atom. The highest BCUT2D eigenvalue weighted by Crippen LogP contribution is 2.37. The molecule has 0 heterocycles. The third kappa shape index (κ3) is 9.86. The van der Waals surface area contributed by atoms with E-state index in [4.69, 9.17) is 5.11 Å². The molecule has 1 rings (SSSR count). The van der Waals surface area contributed by atoms with Crippen LogP contribution in [0, 0.1) is 11.8 Å². The monoisotopic (exact) mass is 424 g/mol. The molecule has 0 aromatic heterocycles. The fraction of sp³-hybridized carbons (Fsp3) is 0.800. The number of carbonyl (C=O) groups is 1. The predicted molar refractivity (Wildman–Crippen MR) is 121 cm³/mol. The highest BCUT2D eigenvalue weighted by molar-refractivity contribution is 5.79. The summed E-state index contributed by atoms with van der Waals surface area (Å²) in [5.41, 5.74) is -0.909. The molecule has 1 unspecified atom stereocenters. The van der Waals surface area contributed by atoms with E-state index in [9.17, 15) is 20.1 Å². The molecule has 4 N–H and O–H groups in total. The van der Waals surface area contributed by atoms with Crippen LogP contribution in [0.1, 0.15) is 90.4 Å². The molecule has 0 bridgehead atoms. The van der Waals surface area contributed by atoms with Crippen LogP contribution < -0.4 is 0 Å². The van der Waals surface area contributed by atoms with Gasteiger partial charge in [0, 0.05) is 18.8 Å². The van der Waals surface area contributed by atoms with Crippen molar-refractivity contribution in [2.75, 3.05) is 6.61 Å². The van der Waals surface area contributed by atoms with Gasteiger partial charge in [0.2, 0.25) is 0 Å². The Morgan fingerprint density at radius 1 is 1.07 bits per heavy atom. The van der Waals surface area contributed by atoms with E-state index in [0.717, 1.165) is 51.4 Å². The Hall–Kier alpha value is -1.01. The molecule has 5 nitrogen and oxygen atoms in total. The second-order valence-electron chi connectivity index (χ2n) is 9.01. The Kier molecular flexibility index (Phi) is 13.4. The second kappa shape index (κ2) is 14.9. The summed E-state index contributed by atoms with van der Waals surface area (Å²) in [5, 5.41) is 40.2. The fourth-order valence-corrected chi connectivity index (χ4v) is 4.49. The Morgan fingerprint density at radius 2 is 1.77 bits per heavy atom. The van der Waals surface area contributed by atoms with Gasteiger partial charge in [0.1, 0.15) is 6.61 Å². The molecule has 1 saturated carbocycles. The standard InChI is InChI=1S/C25H44O5/c1-3-5-6-11-16-25(30,4-2)17-12-15-22-21(23(28)18-24(22)29)14-10-8-7-9-13-20(27)19-26/h4,12,15,21-24,26,28-30H,2-3,5-11,13-14,16-19H2,1H3/b15-12+/t21-,22-,23+,24-,25?/m1/s1. The third-order valence-electron chi connectivity index (χ3n) is 6.51. The number of rotatable bonds is 17. The summed E-state index contributed by atoms with van der Waals surface area (Å²) in [4.78, 5) is 11.1. The number of carbonyl (C=O) groups excluding carboxylic acids is 1. The first-order chi connectivity index (χ1) is 14.4. The van der Waals surface area contributed by atoms with Gasteiger partial charge in [-0.1, -0.05) is 70.1 Å². The molecule has 0 amide bonds. The smallest absolute Gasteiger partial charge is 0.158 e. The maximum absolute atomic E-state index is 11.1. The quantitative estimate of drug-likeness (QED) is 0.208. The number of hydrogen-bond donors (Lipinski definition) is 4. The van der Waals surface area contributed by atoms with Crippen LogP contribution in [0.5, 0.6) is 0 Å². The van der Waals surface area contributed by atoms with Gasteiger partial charge in [0.15, 0.2) is 5.78 Å². The highest BCUT2D eigenvalue weighted by atomic mass is 16.3. The minimum Gasteiger partial charge on any atom is -0.393 e. The van der Waals surface area contributed by atoms with Gasteiger partial charge in [0.05, 0.1) is 17.8 Å². The molecule has 174 valence electrons. The Labute approximate surface area is 182 Å². The van der Waals surface area contributed by atoms with E-state index in [0.29, 0.717) is 25.7 Å². The molecule has 1 aliphatic carbocycles. The van der Waals surface area contributed by atoms with Crippen LogP contribution in [0.4, 0.5) is 0 Å². The van der Waals surface area contributed by atoms with Crippen LogP contribution in [0.25, 0.3) is 0 Å². The first-order valence-electron chi connectivity index (χ1n) is 11.9. The molecule has 0 aromatic rings. The summed E-state index contributed by atoms with van der Waals surface area (Å²) in [6, 6.07) is 0. The molecule has 5 atom stereocenters. The van der Waals surface area contributed by atoms with E-state index in [2.05, 4.69) is 13.5 Å². The number of aliphatic hydroxyl groups excluding tert-OH is 3. The van der Waals surface area contributed by atoms with Crippen molar-refractivity contribution in [2.45, 2.75) is 108 Å². The van der Waals surface area contributed by atoms with Gasteiger partial charge in [-0.15, -0.1) is 6.58 Å². The molecule has 5 heteroatoms. The molecule has 0 aliphatic heterocycles. The van der Waals surface area contributed by atoms with E-state index in [1.807, 2.05) is 12.2 Å². The van der Waals surface area contributed by atoms with Gasteiger partial charge in [-0.2, -0.15) is 0 Å². The molecular weight excluding hydrogens is 380 g/mol. The summed E-state index contributed by atoms with van der Waals surface area (Å²) in [5.74, 6) is -0.179. The molecule has 1 aliphatic rings. The van der Waals surface area contributed by atoms with E-state index in [1.54, 1.807) is 6.08 Å². The molecular formula is C25H44O5. The zero-order chi connectivity index (χ0) is 22.4. The number of unbranched alkanes of at least 4 members (excludes halogenated alkanes) is 6. The normalized spacial score (nSPS) is 26.2. The summed E-state index contributed by atoms with van der Waals surface area (Å²) >= 11 is 0. The second-order valence-corrected chi connectivity index (χ2v) is 9.01. The van der Waals surface area contributed by atoms with Gasteiger partial charge >= 0.3 is 0 Å². The lowest BCUT2D eigenvalue weighted by Crippen LogP contribution is -2.25. The van der Waals surface area contributed by atoms with Crippen molar-refractivity contribution in [3.8, 4) is 0 Å². The summed E-state index contributed by atoms with van der Waals surface area (Å²) < 4.78 is 0. The third-order valence-corrected chi connectivity index (χ3v) is 6.51. The molecule has 0 spiro atoms. The summed E-state index contributed by atoms with van der Waals surface area (Å²) in [6.45, 7) is 5.59. The number of ketones is 1. The molecule has 0 aromatic carbocycles. The van der Waals surface area contributed by atoms with Crippen LogP contribution in [0.15, 0.2) is 24.8 Å². The van der Waals surface area contributed by atoms with Crippen molar-refractivity contribution in [1.29, 1.82) is 0 Å². The molecule has 30 heavy (non-hydrogen) atoms. The van der Waals surface area contributed by atoms with E-state index in [1.165, 1.54) is 6.42 Å². The van der Waals surface area contributed by atoms with Crippen LogP contribution in [-0.2, 0) is 4.79 Å². The lowest BCUT2D eigenvalue weighted by Gasteiger charge is -2.24. The zero-order valence-corrected chi connectivity index (χ0v) is 18.8. The predicted octanol–water partition coefficient (Wildman–Crippen LogP) is 4.08. The minimum atomic E-state index is -0.909. The van der Waals surface area contributed by atoms with Gasteiger partial charge < -0.3 is 20.4 Å². The van der Waals surface area contributed by atoms with E-state index < -0.39 is 17.8 Å². The van der Waals surface area contributed by atoms with E-state index in [-0.39, 0.29) is 24.2 Å². The van der Waals surface area contributed by atoms with E-state index >= 15 is 0 Å². The fourth-order valence-electron chi connectivity index (χ4n) is 4.49. The van der Waals surface area contributed by atoms with Crippen LogP contribution in [0.3, 0.4) is 0 Å².